The largest absolute Gasteiger partial charge is 0.345 e. The molecule has 114 valence electrons. The fraction of sp³-hybridized carbons (Fsp3) is 0.571. The predicted octanol–water partition coefficient (Wildman–Crippen LogP) is 2.43. The van der Waals surface area contributed by atoms with Crippen molar-refractivity contribution in [1.82, 2.24) is 15.3 Å². The molecule has 0 aromatic carbocycles. The summed E-state index contributed by atoms with van der Waals surface area (Å²) < 4.78 is 0. The van der Waals surface area contributed by atoms with E-state index in [-0.39, 0.29) is 0 Å². The number of rotatable bonds is 6. The van der Waals surface area contributed by atoms with Crippen LogP contribution in [-0.2, 0) is 6.54 Å². The third-order valence-corrected chi connectivity index (χ3v) is 5.29. The number of aromatic nitrogens is 2. The van der Waals surface area contributed by atoms with Crippen LogP contribution in [0.1, 0.15) is 19.0 Å². The molecule has 0 bridgehead atoms. The molecule has 1 fully saturated rings. The summed E-state index contributed by atoms with van der Waals surface area (Å²) >= 11 is 3.47. The SMILES string of the molecule is CCCNCc1csc(N2CCN(c3nccs3)CC2)n1. The molecule has 7 heteroatoms. The van der Waals surface area contributed by atoms with Gasteiger partial charge in [-0.3, -0.25) is 0 Å². The summed E-state index contributed by atoms with van der Waals surface area (Å²) in [4.78, 5) is 13.9. The van der Waals surface area contributed by atoms with E-state index in [1.807, 2.05) is 11.6 Å². The summed E-state index contributed by atoms with van der Waals surface area (Å²) in [7, 11) is 0. The van der Waals surface area contributed by atoms with Crippen LogP contribution in [0, 0.1) is 0 Å². The Balaban J connectivity index is 1.52. The van der Waals surface area contributed by atoms with E-state index in [1.54, 1.807) is 22.7 Å². The first kappa shape index (κ1) is 14.7. The number of nitrogens with one attached hydrogen (secondary N) is 1. The van der Waals surface area contributed by atoms with Crippen LogP contribution in [0.2, 0.25) is 0 Å². The van der Waals surface area contributed by atoms with Gasteiger partial charge in [-0.15, -0.1) is 22.7 Å². The van der Waals surface area contributed by atoms with E-state index in [0.717, 1.165) is 61.6 Å². The minimum atomic E-state index is 0.878. The predicted molar refractivity (Wildman–Crippen MR) is 90.7 cm³/mol. The van der Waals surface area contributed by atoms with E-state index in [1.165, 1.54) is 0 Å². The number of anilines is 2. The Morgan fingerprint density at radius 2 is 1.90 bits per heavy atom. The maximum Gasteiger partial charge on any atom is 0.185 e. The second-order valence-electron chi connectivity index (χ2n) is 5.09. The van der Waals surface area contributed by atoms with Crippen LogP contribution in [0.4, 0.5) is 10.3 Å². The van der Waals surface area contributed by atoms with Crippen LogP contribution in [0.5, 0.6) is 0 Å². The minimum absolute atomic E-state index is 0.878. The molecule has 2 aromatic rings. The molecule has 0 radical (unpaired) electrons. The fourth-order valence-corrected chi connectivity index (χ4v) is 3.95. The van der Waals surface area contributed by atoms with Crippen LogP contribution in [0.3, 0.4) is 0 Å². The van der Waals surface area contributed by atoms with Crippen molar-refractivity contribution < 1.29 is 0 Å². The molecule has 3 rings (SSSR count). The quantitative estimate of drug-likeness (QED) is 0.827. The zero-order valence-electron chi connectivity index (χ0n) is 12.3. The molecule has 1 saturated heterocycles. The summed E-state index contributed by atoms with van der Waals surface area (Å²) in [6.45, 7) is 8.21. The molecule has 0 unspecified atom stereocenters. The molecule has 0 aliphatic carbocycles. The van der Waals surface area contributed by atoms with Crippen LogP contribution >= 0.6 is 22.7 Å². The Labute approximate surface area is 133 Å². The van der Waals surface area contributed by atoms with Crippen molar-refractivity contribution in [3.63, 3.8) is 0 Å². The normalized spacial score (nSPS) is 15.7. The third-order valence-electron chi connectivity index (χ3n) is 3.51. The highest BCUT2D eigenvalue weighted by Crippen LogP contribution is 2.24. The van der Waals surface area contributed by atoms with Gasteiger partial charge >= 0.3 is 0 Å². The molecular formula is C14H21N5S2. The molecule has 1 N–H and O–H groups in total. The second-order valence-corrected chi connectivity index (χ2v) is 6.80. The van der Waals surface area contributed by atoms with Crippen molar-refractivity contribution in [1.29, 1.82) is 0 Å². The van der Waals surface area contributed by atoms with Crippen LogP contribution in [0.15, 0.2) is 17.0 Å². The van der Waals surface area contributed by atoms with Crippen LogP contribution in [-0.4, -0.2) is 42.7 Å². The van der Waals surface area contributed by atoms with E-state index in [9.17, 15) is 0 Å². The minimum Gasteiger partial charge on any atom is -0.345 e. The summed E-state index contributed by atoms with van der Waals surface area (Å²) in [5.41, 5.74) is 1.16. The maximum absolute atomic E-state index is 4.74. The van der Waals surface area contributed by atoms with E-state index in [0.29, 0.717) is 0 Å². The molecule has 0 saturated carbocycles. The molecule has 0 spiro atoms. The van der Waals surface area contributed by atoms with Gasteiger partial charge in [-0.25, -0.2) is 9.97 Å². The third kappa shape index (κ3) is 3.72. The molecule has 0 atom stereocenters. The first-order valence-corrected chi connectivity index (χ1v) is 9.17. The van der Waals surface area contributed by atoms with Gasteiger partial charge in [0.1, 0.15) is 0 Å². The lowest BCUT2D eigenvalue weighted by Gasteiger charge is -2.34. The summed E-state index contributed by atoms with van der Waals surface area (Å²) in [5, 5.41) is 9.91. The van der Waals surface area contributed by atoms with Gasteiger partial charge in [0.25, 0.3) is 0 Å². The van der Waals surface area contributed by atoms with Crippen LogP contribution < -0.4 is 15.1 Å². The molecule has 21 heavy (non-hydrogen) atoms. The van der Waals surface area contributed by atoms with Crippen molar-refractivity contribution in [2.75, 3.05) is 42.5 Å². The number of thiazole rings is 2. The molecule has 1 aliphatic rings. The average Bonchev–Trinajstić information content (AvgIpc) is 3.20. The Bertz CT molecular complexity index is 531. The summed E-state index contributed by atoms with van der Waals surface area (Å²) in [6, 6.07) is 0. The van der Waals surface area contributed by atoms with Gasteiger partial charge in [0.15, 0.2) is 10.3 Å². The Morgan fingerprint density at radius 1 is 1.14 bits per heavy atom. The van der Waals surface area contributed by atoms with E-state index in [2.05, 4.69) is 32.4 Å². The van der Waals surface area contributed by atoms with Crippen molar-refractivity contribution >= 4 is 32.9 Å². The molecule has 5 nitrogen and oxygen atoms in total. The first-order valence-electron chi connectivity index (χ1n) is 7.41. The lowest BCUT2D eigenvalue weighted by Crippen LogP contribution is -2.46. The first-order chi connectivity index (χ1) is 10.4. The highest BCUT2D eigenvalue weighted by Gasteiger charge is 2.20. The van der Waals surface area contributed by atoms with Gasteiger partial charge in [-0.1, -0.05) is 6.92 Å². The molecule has 1 aliphatic heterocycles. The van der Waals surface area contributed by atoms with Crippen molar-refractivity contribution in [2.24, 2.45) is 0 Å². The number of piperazine rings is 1. The van der Waals surface area contributed by atoms with Gasteiger partial charge in [0.05, 0.1) is 5.69 Å². The fourth-order valence-electron chi connectivity index (χ4n) is 2.38. The van der Waals surface area contributed by atoms with Crippen molar-refractivity contribution in [2.45, 2.75) is 19.9 Å². The van der Waals surface area contributed by atoms with Crippen LogP contribution in [0.25, 0.3) is 0 Å². The highest BCUT2D eigenvalue weighted by atomic mass is 32.1. The lowest BCUT2D eigenvalue weighted by atomic mass is 10.3. The van der Waals surface area contributed by atoms with E-state index in [4.69, 9.17) is 4.98 Å². The number of hydrogen-bond donors (Lipinski definition) is 1. The molecule has 0 amide bonds. The highest BCUT2D eigenvalue weighted by molar-refractivity contribution is 7.14. The van der Waals surface area contributed by atoms with Gasteiger partial charge in [-0.2, -0.15) is 0 Å². The monoisotopic (exact) mass is 323 g/mol. The smallest absolute Gasteiger partial charge is 0.185 e. The number of hydrogen-bond acceptors (Lipinski definition) is 7. The Kier molecular flexibility index (Phi) is 5.05. The van der Waals surface area contributed by atoms with Gasteiger partial charge in [0.2, 0.25) is 0 Å². The van der Waals surface area contributed by atoms with Gasteiger partial charge < -0.3 is 15.1 Å². The summed E-state index contributed by atoms with van der Waals surface area (Å²) in [5.74, 6) is 0. The summed E-state index contributed by atoms with van der Waals surface area (Å²) in [6.07, 6.45) is 3.04. The standard InChI is InChI=1S/C14H21N5S2/c1-2-3-15-10-12-11-21-14(17-12)19-7-5-18(6-8-19)13-16-4-9-20-13/h4,9,11,15H,2-3,5-8,10H2,1H3. The zero-order chi connectivity index (χ0) is 14.5. The molecular weight excluding hydrogens is 302 g/mol. The van der Waals surface area contributed by atoms with Gasteiger partial charge in [0, 0.05) is 49.7 Å². The second kappa shape index (κ2) is 7.20. The van der Waals surface area contributed by atoms with E-state index < -0.39 is 0 Å². The Hall–Kier alpha value is -1.18. The number of nitrogens with zero attached hydrogens (tertiary/aromatic N) is 4. The van der Waals surface area contributed by atoms with Gasteiger partial charge in [-0.05, 0) is 13.0 Å². The average molecular weight is 323 g/mol. The Morgan fingerprint density at radius 3 is 2.57 bits per heavy atom. The topological polar surface area (TPSA) is 44.3 Å². The zero-order valence-corrected chi connectivity index (χ0v) is 13.9. The molecule has 3 heterocycles. The van der Waals surface area contributed by atoms with E-state index >= 15 is 0 Å². The lowest BCUT2D eigenvalue weighted by molar-refractivity contribution is 0.644. The van der Waals surface area contributed by atoms with Crippen molar-refractivity contribution in [3.8, 4) is 0 Å². The molecule has 2 aromatic heterocycles. The van der Waals surface area contributed by atoms with Crippen molar-refractivity contribution in [3.05, 3.63) is 22.7 Å². The maximum atomic E-state index is 4.74.